The summed E-state index contributed by atoms with van der Waals surface area (Å²) in [5.41, 5.74) is 0.118. The molecule has 0 unspecified atom stereocenters. The van der Waals surface area contributed by atoms with E-state index in [0.717, 1.165) is 19.2 Å². The summed E-state index contributed by atoms with van der Waals surface area (Å²) in [7, 11) is -7.95. The minimum atomic E-state index is -4.72. The van der Waals surface area contributed by atoms with Crippen LogP contribution in [0.1, 0.15) is 5.56 Å². The Morgan fingerprint density at radius 1 is 1.21 bits per heavy atom. The Morgan fingerprint density at radius 2 is 1.74 bits per heavy atom. The van der Waals surface area contributed by atoms with E-state index in [4.69, 9.17) is 9.69 Å². The van der Waals surface area contributed by atoms with Crippen LogP contribution in [0.5, 0.6) is 5.75 Å². The van der Waals surface area contributed by atoms with Gasteiger partial charge in [0.05, 0.1) is 13.7 Å². The van der Waals surface area contributed by atoms with Gasteiger partial charge in [-0.2, -0.15) is 8.42 Å². The van der Waals surface area contributed by atoms with Gasteiger partial charge in [-0.05, 0) is 24.1 Å². The highest BCUT2D eigenvalue weighted by Crippen LogP contribution is 2.32. The normalized spacial score (nSPS) is 12.4. The molecule has 1 rings (SSSR count). The van der Waals surface area contributed by atoms with Crippen LogP contribution in [0.25, 0.3) is 0 Å². The first-order valence-corrected chi connectivity index (χ1v) is 7.89. The van der Waals surface area contributed by atoms with E-state index in [1.165, 1.54) is 0 Å². The molecule has 3 N–H and O–H groups in total. The van der Waals surface area contributed by atoms with Crippen molar-refractivity contribution in [3.63, 3.8) is 0 Å². The molecule has 0 bridgehead atoms. The highest BCUT2D eigenvalue weighted by atomic mass is 32.2. The molecule has 0 atom stereocenters. The summed E-state index contributed by atoms with van der Waals surface area (Å²) >= 11 is 0. The number of benzene rings is 1. The Bertz CT molecular complexity index is 626. The van der Waals surface area contributed by atoms with Gasteiger partial charge in [-0.25, -0.2) is 18.7 Å². The van der Waals surface area contributed by atoms with Crippen molar-refractivity contribution in [2.45, 2.75) is 16.2 Å². The highest BCUT2D eigenvalue weighted by Gasteiger charge is 2.26. The van der Waals surface area contributed by atoms with E-state index in [2.05, 4.69) is 4.74 Å². The highest BCUT2D eigenvalue weighted by molar-refractivity contribution is 7.89. The van der Waals surface area contributed by atoms with E-state index in [9.17, 15) is 21.9 Å². The summed E-state index contributed by atoms with van der Waals surface area (Å²) in [5, 5.41) is 15.5. The van der Waals surface area contributed by atoms with E-state index in [1.54, 1.807) is 0 Å². The standard InChI is InChI=1S/C9H12NO7S2/c1-17-9-7(18(10,12)13)4-6(2-3-11)5-8(9)19(14,15)16/h4-5H,2-3H2,1H3,(H2,10,12,13)(H,14,15,16). The van der Waals surface area contributed by atoms with Gasteiger partial charge in [0.15, 0.2) is 5.75 Å². The molecule has 1 aromatic rings. The largest absolute Gasteiger partial charge is 0.494 e. The number of hydrogen-bond acceptors (Lipinski definition) is 5. The lowest BCUT2D eigenvalue weighted by molar-refractivity contribution is 0.197. The van der Waals surface area contributed by atoms with E-state index in [-0.39, 0.29) is 12.0 Å². The van der Waals surface area contributed by atoms with Gasteiger partial charge in [-0.1, -0.05) is 0 Å². The van der Waals surface area contributed by atoms with Gasteiger partial charge in [0.2, 0.25) is 10.0 Å². The summed E-state index contributed by atoms with van der Waals surface area (Å²) in [4.78, 5) is -1.35. The van der Waals surface area contributed by atoms with Crippen molar-refractivity contribution in [2.24, 2.45) is 5.14 Å². The Balaban J connectivity index is 3.77. The number of hydrogen-bond donors (Lipinski definition) is 2. The lowest BCUT2D eigenvalue weighted by Crippen LogP contribution is -2.16. The topological polar surface area (TPSA) is 144 Å². The quantitative estimate of drug-likeness (QED) is 0.706. The molecule has 0 aliphatic rings. The van der Waals surface area contributed by atoms with E-state index >= 15 is 0 Å². The SMILES string of the molecule is COc1c(S(N)(=O)=O)cc(CC[O])cc1S(=O)(=O)O. The van der Waals surface area contributed by atoms with Gasteiger partial charge in [0.1, 0.15) is 9.79 Å². The molecule has 19 heavy (non-hydrogen) atoms. The summed E-state index contributed by atoms with van der Waals surface area (Å²) in [6.07, 6.45) is -0.116. The first-order valence-electron chi connectivity index (χ1n) is 4.90. The molecule has 0 fully saturated rings. The monoisotopic (exact) mass is 310 g/mol. The number of ether oxygens (including phenoxy) is 1. The van der Waals surface area contributed by atoms with E-state index in [0.29, 0.717) is 0 Å². The molecule has 0 heterocycles. The summed E-state index contributed by atoms with van der Waals surface area (Å²) in [6.45, 7) is -0.582. The maximum atomic E-state index is 11.4. The molecule has 0 amide bonds. The van der Waals surface area contributed by atoms with Crippen molar-refractivity contribution in [3.8, 4) is 5.75 Å². The number of sulfonamides is 1. The van der Waals surface area contributed by atoms with Crippen molar-refractivity contribution < 1.29 is 31.2 Å². The average Bonchev–Trinajstić information content (AvgIpc) is 2.26. The predicted molar refractivity (Wildman–Crippen MR) is 63.4 cm³/mol. The third-order valence-corrected chi connectivity index (χ3v) is 4.04. The summed E-state index contributed by atoms with van der Waals surface area (Å²) in [5.74, 6) is -0.584. The predicted octanol–water partition coefficient (Wildman–Crippen LogP) is -0.438. The number of primary sulfonamides is 1. The summed E-state index contributed by atoms with van der Waals surface area (Å²) < 4.78 is 59.0. The fourth-order valence-electron chi connectivity index (χ4n) is 1.50. The molecule has 107 valence electrons. The fraction of sp³-hybridized carbons (Fsp3) is 0.333. The van der Waals surface area contributed by atoms with Crippen molar-refractivity contribution >= 4 is 20.1 Å². The van der Waals surface area contributed by atoms with Gasteiger partial charge in [0, 0.05) is 0 Å². The maximum Gasteiger partial charge on any atom is 0.298 e. The second-order valence-electron chi connectivity index (χ2n) is 3.60. The third kappa shape index (κ3) is 3.64. The Kier molecular flexibility index (Phi) is 4.53. The molecule has 0 spiro atoms. The van der Waals surface area contributed by atoms with Crippen LogP contribution in [-0.4, -0.2) is 35.1 Å². The van der Waals surface area contributed by atoms with Crippen LogP contribution in [0, 0.1) is 0 Å². The summed E-state index contributed by atoms with van der Waals surface area (Å²) in [6, 6.07) is 2.02. The number of methoxy groups -OCH3 is 1. The number of rotatable bonds is 5. The van der Waals surface area contributed by atoms with Crippen LogP contribution in [0.15, 0.2) is 21.9 Å². The molecule has 0 aliphatic carbocycles. The first kappa shape index (κ1) is 15.9. The Labute approximate surface area is 110 Å². The van der Waals surface area contributed by atoms with Gasteiger partial charge in [0.25, 0.3) is 10.1 Å². The molecule has 1 radical (unpaired) electrons. The van der Waals surface area contributed by atoms with Crippen molar-refractivity contribution in [1.82, 2.24) is 0 Å². The molecule has 1 aromatic carbocycles. The Morgan fingerprint density at radius 3 is 2.11 bits per heavy atom. The van der Waals surface area contributed by atoms with Gasteiger partial charge >= 0.3 is 0 Å². The first-order chi connectivity index (χ1) is 8.61. The zero-order chi connectivity index (χ0) is 14.8. The molecular weight excluding hydrogens is 298 g/mol. The van der Waals surface area contributed by atoms with Crippen LogP contribution in [0.3, 0.4) is 0 Å². The van der Waals surface area contributed by atoms with Gasteiger partial charge < -0.3 is 4.74 Å². The van der Waals surface area contributed by atoms with Crippen LogP contribution in [0.4, 0.5) is 0 Å². The molecule has 8 nitrogen and oxygen atoms in total. The molecular formula is C9H12NO7S2. The molecule has 0 aliphatic heterocycles. The van der Waals surface area contributed by atoms with E-state index in [1.807, 2.05) is 0 Å². The molecule has 10 heteroatoms. The van der Waals surface area contributed by atoms with Crippen molar-refractivity contribution in [2.75, 3.05) is 13.7 Å². The van der Waals surface area contributed by atoms with Gasteiger partial charge in [-0.15, -0.1) is 0 Å². The minimum absolute atomic E-state index is 0.116. The second kappa shape index (κ2) is 5.43. The van der Waals surface area contributed by atoms with E-state index < -0.39 is 42.3 Å². The molecule has 0 aromatic heterocycles. The van der Waals surface area contributed by atoms with Crippen LogP contribution in [0.2, 0.25) is 0 Å². The molecule has 0 saturated heterocycles. The smallest absolute Gasteiger partial charge is 0.298 e. The average molecular weight is 310 g/mol. The minimum Gasteiger partial charge on any atom is -0.494 e. The fourth-order valence-corrected chi connectivity index (χ4v) is 3.06. The zero-order valence-corrected chi connectivity index (χ0v) is 11.5. The van der Waals surface area contributed by atoms with Crippen LogP contribution >= 0.6 is 0 Å². The maximum absolute atomic E-state index is 11.4. The lowest BCUT2D eigenvalue weighted by atomic mass is 10.1. The van der Waals surface area contributed by atoms with Crippen molar-refractivity contribution in [3.05, 3.63) is 17.7 Å². The zero-order valence-electron chi connectivity index (χ0n) is 9.86. The molecule has 0 saturated carbocycles. The number of nitrogens with two attached hydrogens (primary N) is 1. The van der Waals surface area contributed by atoms with Gasteiger partial charge in [-0.3, -0.25) is 4.55 Å². The van der Waals surface area contributed by atoms with Crippen LogP contribution < -0.4 is 9.88 Å². The Hall–Kier alpha value is -1.20. The second-order valence-corrected chi connectivity index (χ2v) is 6.52. The lowest BCUT2D eigenvalue weighted by Gasteiger charge is -2.12. The van der Waals surface area contributed by atoms with Crippen molar-refractivity contribution in [1.29, 1.82) is 0 Å². The third-order valence-electron chi connectivity index (χ3n) is 2.26. The van der Waals surface area contributed by atoms with Crippen LogP contribution in [-0.2, 0) is 31.7 Å².